The van der Waals surface area contributed by atoms with Crippen molar-refractivity contribution in [3.05, 3.63) is 13.0 Å². The van der Waals surface area contributed by atoms with Crippen LogP contribution < -0.4 is 0 Å². The fourth-order valence-electron chi connectivity index (χ4n) is 0.538. The van der Waals surface area contributed by atoms with Gasteiger partial charge in [-0.1, -0.05) is 6.61 Å². The first-order valence-electron chi connectivity index (χ1n) is 3.26. The second-order valence-electron chi connectivity index (χ2n) is 2.04. The molecule has 0 aromatic heterocycles. The van der Waals surface area contributed by atoms with Crippen LogP contribution >= 0.6 is 0 Å². The van der Waals surface area contributed by atoms with Gasteiger partial charge in [0.05, 0.1) is 6.10 Å². The minimum absolute atomic E-state index is 0.360. The Morgan fingerprint density at radius 1 is 1.15 bits per heavy atom. The fourth-order valence-corrected chi connectivity index (χ4v) is 0.538. The van der Waals surface area contributed by atoms with Gasteiger partial charge in [-0.05, 0) is 12.2 Å². The fraction of sp³-hybridized carbons (Fsp3) is 0.667. The van der Waals surface area contributed by atoms with Gasteiger partial charge in [0.2, 0.25) is 0 Å². The Morgan fingerprint density at radius 3 is 1.92 bits per heavy atom. The molecule has 80 valence electrons. The summed E-state index contributed by atoms with van der Waals surface area (Å²) in [5.74, 6) is 0. The summed E-state index contributed by atoms with van der Waals surface area (Å²) in [7, 11) is 0. The van der Waals surface area contributed by atoms with E-state index in [9.17, 15) is 0 Å². The standard InChI is InChI=1S/C6H12O5.Cr.O/c7-2-1-4(9)6(11)5(10)3-8;;/h1,3-11H,2H2;;/q-2;;/t4-,5+,6+;;/m1../s1. The molecule has 3 atom stereocenters. The topological polar surface area (TPSA) is 118 Å². The molecule has 0 saturated carbocycles. The number of hydrogen-bond donors (Lipinski definition) is 5. The van der Waals surface area contributed by atoms with Gasteiger partial charge in [-0.15, -0.1) is 0 Å². The molecular weight excluding hydrogens is 220 g/mol. The third-order valence-electron chi connectivity index (χ3n) is 1.20. The normalized spacial score (nSPS) is 16.7. The molecule has 0 bridgehead atoms. The molecule has 0 aliphatic carbocycles. The van der Waals surface area contributed by atoms with Gasteiger partial charge in [-0.3, -0.25) is 6.42 Å². The molecule has 0 heterocycles. The molecule has 0 radical (unpaired) electrons. The summed E-state index contributed by atoms with van der Waals surface area (Å²) < 4.78 is 8.12. The van der Waals surface area contributed by atoms with Crippen molar-refractivity contribution >= 4 is 0 Å². The van der Waals surface area contributed by atoms with E-state index in [0.717, 1.165) is 6.42 Å². The molecule has 0 aliphatic rings. The maximum atomic E-state index is 8.88. The second kappa shape index (κ2) is 10.2. The Morgan fingerprint density at radius 2 is 1.62 bits per heavy atom. The first kappa shape index (κ1) is 15.6. The molecule has 6 nitrogen and oxygen atoms in total. The van der Waals surface area contributed by atoms with E-state index in [4.69, 9.17) is 29.3 Å². The molecule has 0 rings (SSSR count). The summed E-state index contributed by atoms with van der Waals surface area (Å²) in [4.78, 5) is 0. The number of aliphatic hydroxyl groups is 5. The molecule has 0 fully saturated rings. The zero-order valence-corrected chi connectivity index (χ0v) is 7.92. The molecule has 0 saturated heterocycles. The average molecular weight is 232 g/mol. The van der Waals surface area contributed by atoms with Crippen molar-refractivity contribution in [3.63, 3.8) is 0 Å². The molecule has 0 spiro atoms. The third-order valence-corrected chi connectivity index (χ3v) is 1.20. The molecule has 5 N–H and O–H groups in total. The van der Waals surface area contributed by atoms with Gasteiger partial charge < -0.3 is 25.5 Å². The van der Waals surface area contributed by atoms with Crippen molar-refractivity contribution in [1.82, 2.24) is 0 Å². The Bertz CT molecular complexity index is 113. The van der Waals surface area contributed by atoms with Gasteiger partial charge in [0, 0.05) is 0 Å². The molecule has 7 heteroatoms. The van der Waals surface area contributed by atoms with Crippen LogP contribution in [0.3, 0.4) is 0 Å². The predicted octanol–water partition coefficient (Wildman–Crippen LogP) is -2.32. The van der Waals surface area contributed by atoms with Crippen molar-refractivity contribution < 1.29 is 45.6 Å². The van der Waals surface area contributed by atoms with Crippen molar-refractivity contribution in [2.75, 3.05) is 6.61 Å². The van der Waals surface area contributed by atoms with E-state index in [2.05, 4.69) is 0 Å². The van der Waals surface area contributed by atoms with E-state index in [1.807, 2.05) is 0 Å². The first-order chi connectivity index (χ1) is 6.13. The number of hydrogen-bond acceptors (Lipinski definition) is 6. The number of aliphatic hydroxyl groups excluding tert-OH is 5. The Balaban J connectivity index is 0. The van der Waals surface area contributed by atoms with Crippen LogP contribution in [0.15, 0.2) is 0 Å². The van der Waals surface area contributed by atoms with Crippen LogP contribution in [0.1, 0.15) is 0 Å². The zero-order chi connectivity index (χ0) is 10.9. The SMILES string of the molecule is O[CH-][C@H](O)[C@@H](O)[C@H](O)[CH-]CO.[O]=[Cr]. The summed E-state index contributed by atoms with van der Waals surface area (Å²) in [6.45, 7) is -0.0462. The molecule has 0 amide bonds. The van der Waals surface area contributed by atoms with Crippen LogP contribution in [0.4, 0.5) is 0 Å². The molecule has 0 aliphatic heterocycles. The summed E-state index contributed by atoms with van der Waals surface area (Å²) in [5.41, 5.74) is 0. The molecule has 0 aromatic carbocycles. The van der Waals surface area contributed by atoms with E-state index in [1.54, 1.807) is 0 Å². The molecule has 0 aromatic rings. The van der Waals surface area contributed by atoms with E-state index in [0.29, 0.717) is 6.61 Å². The third kappa shape index (κ3) is 7.22. The Hall–Kier alpha value is 0.132. The monoisotopic (exact) mass is 232 g/mol. The second-order valence-corrected chi connectivity index (χ2v) is 2.04. The summed E-state index contributed by atoms with van der Waals surface area (Å²) >= 11 is 1.38. The first-order valence-corrected chi connectivity index (χ1v) is 3.78. The quantitative estimate of drug-likeness (QED) is 0.339. The van der Waals surface area contributed by atoms with E-state index in [1.165, 1.54) is 16.2 Å². The van der Waals surface area contributed by atoms with Crippen LogP contribution in [0, 0.1) is 13.0 Å². The molecular formula is C6H12CrO6-2. The van der Waals surface area contributed by atoms with Crippen LogP contribution in [0.2, 0.25) is 0 Å². The maximum absolute atomic E-state index is 8.88. The van der Waals surface area contributed by atoms with Crippen molar-refractivity contribution in [3.8, 4) is 0 Å². The van der Waals surface area contributed by atoms with Crippen LogP contribution in [0.25, 0.3) is 0 Å². The van der Waals surface area contributed by atoms with Crippen molar-refractivity contribution in [2.45, 2.75) is 18.3 Å². The summed E-state index contributed by atoms with van der Waals surface area (Å²) in [5, 5.41) is 42.9. The van der Waals surface area contributed by atoms with E-state index in [-0.39, 0.29) is 0 Å². The van der Waals surface area contributed by atoms with E-state index >= 15 is 0 Å². The summed E-state index contributed by atoms with van der Waals surface area (Å²) in [6.07, 6.45) is -3.37. The number of rotatable bonds is 5. The van der Waals surface area contributed by atoms with Crippen LogP contribution in [0.5, 0.6) is 0 Å². The van der Waals surface area contributed by atoms with Gasteiger partial charge in [-0.25, -0.2) is 0 Å². The zero-order valence-electron chi connectivity index (χ0n) is 6.65. The molecule has 0 unspecified atom stereocenters. The Kier molecular flexibility index (Phi) is 12.3. The van der Waals surface area contributed by atoms with Gasteiger partial charge in [0.25, 0.3) is 0 Å². The van der Waals surface area contributed by atoms with Crippen molar-refractivity contribution in [2.24, 2.45) is 0 Å². The average Bonchev–Trinajstić information content (AvgIpc) is 2.19. The van der Waals surface area contributed by atoms with Gasteiger partial charge in [-0.2, -0.15) is 6.61 Å². The minimum atomic E-state index is -1.51. The predicted molar refractivity (Wildman–Crippen MR) is 36.3 cm³/mol. The van der Waals surface area contributed by atoms with Gasteiger partial charge >= 0.3 is 20.0 Å². The molecule has 13 heavy (non-hydrogen) atoms. The summed E-state index contributed by atoms with van der Waals surface area (Å²) in [6, 6.07) is 0. The van der Waals surface area contributed by atoms with Crippen LogP contribution in [-0.2, 0) is 20.0 Å². The van der Waals surface area contributed by atoms with Gasteiger partial charge in [0.1, 0.15) is 0 Å². The van der Waals surface area contributed by atoms with Crippen molar-refractivity contribution in [1.29, 1.82) is 0 Å². The Labute approximate surface area is 84.1 Å². The van der Waals surface area contributed by atoms with E-state index < -0.39 is 24.9 Å². The van der Waals surface area contributed by atoms with Gasteiger partial charge in [0.15, 0.2) is 0 Å². The van der Waals surface area contributed by atoms with Crippen LogP contribution in [-0.4, -0.2) is 50.5 Å².